The van der Waals surface area contributed by atoms with Gasteiger partial charge in [-0.1, -0.05) is 25.0 Å². The van der Waals surface area contributed by atoms with Gasteiger partial charge in [-0.15, -0.1) is 11.3 Å². The fraction of sp³-hybridized carbons (Fsp3) is 0.529. The summed E-state index contributed by atoms with van der Waals surface area (Å²) in [5, 5.41) is 13.9. The van der Waals surface area contributed by atoms with Gasteiger partial charge in [0.05, 0.1) is 21.3 Å². The van der Waals surface area contributed by atoms with Crippen LogP contribution < -0.4 is 5.32 Å². The second-order valence-corrected chi connectivity index (χ2v) is 7.11. The summed E-state index contributed by atoms with van der Waals surface area (Å²) in [5.41, 5.74) is 1.000. The summed E-state index contributed by atoms with van der Waals surface area (Å²) in [7, 11) is 0. The molecule has 3 rings (SSSR count). The molecular formula is C17H22N2O2S. The summed E-state index contributed by atoms with van der Waals surface area (Å²) in [5.74, 6) is 0.362. The average Bonchev–Trinajstić information content (AvgIpc) is 3.19. The number of aromatic nitrogens is 1. The molecule has 0 bridgehead atoms. The van der Waals surface area contributed by atoms with Gasteiger partial charge in [0, 0.05) is 19.4 Å². The first kappa shape index (κ1) is 15.4. The molecule has 1 aromatic heterocycles. The number of aliphatic hydroxyl groups excluding tert-OH is 1. The highest BCUT2D eigenvalue weighted by molar-refractivity contribution is 7.18. The van der Waals surface area contributed by atoms with Crippen LogP contribution in [-0.2, 0) is 11.2 Å². The molecule has 1 amide bonds. The molecule has 1 aliphatic carbocycles. The molecule has 1 unspecified atom stereocenters. The molecule has 2 aromatic rings. The molecule has 0 spiro atoms. The van der Waals surface area contributed by atoms with Gasteiger partial charge in [-0.2, -0.15) is 0 Å². The molecule has 118 valence electrons. The lowest BCUT2D eigenvalue weighted by atomic mass is 10.0. The van der Waals surface area contributed by atoms with E-state index in [-0.39, 0.29) is 5.91 Å². The second-order valence-electron chi connectivity index (χ2n) is 5.99. The van der Waals surface area contributed by atoms with Crippen molar-refractivity contribution in [2.45, 2.75) is 44.6 Å². The Bertz CT molecular complexity index is 601. The van der Waals surface area contributed by atoms with Crippen LogP contribution in [0.3, 0.4) is 0 Å². The summed E-state index contributed by atoms with van der Waals surface area (Å²) in [6.45, 7) is 0.378. The number of nitrogens with zero attached hydrogens (tertiary/aromatic N) is 1. The van der Waals surface area contributed by atoms with E-state index in [2.05, 4.69) is 16.4 Å². The number of thiazole rings is 1. The van der Waals surface area contributed by atoms with Crippen molar-refractivity contribution in [2.75, 3.05) is 6.54 Å². The number of carbonyl (C=O) groups excluding carboxylic acids is 1. The molecule has 0 saturated heterocycles. The van der Waals surface area contributed by atoms with E-state index in [1.54, 1.807) is 11.3 Å². The van der Waals surface area contributed by atoms with Crippen molar-refractivity contribution in [3.05, 3.63) is 29.3 Å². The average molecular weight is 318 g/mol. The van der Waals surface area contributed by atoms with Crippen molar-refractivity contribution >= 4 is 27.5 Å². The summed E-state index contributed by atoms with van der Waals surface area (Å²) in [4.78, 5) is 16.4. The van der Waals surface area contributed by atoms with Crippen LogP contribution in [0.4, 0.5) is 0 Å². The van der Waals surface area contributed by atoms with Crippen LogP contribution in [0.1, 0.15) is 37.1 Å². The fourth-order valence-corrected chi connectivity index (χ4v) is 4.03. The maximum absolute atomic E-state index is 11.9. The highest BCUT2D eigenvalue weighted by Gasteiger charge is 2.23. The van der Waals surface area contributed by atoms with Crippen LogP contribution in [0.2, 0.25) is 0 Å². The number of aryl methyl sites for hydroxylation is 1. The predicted octanol–water partition coefficient (Wildman–Crippen LogP) is 2.90. The summed E-state index contributed by atoms with van der Waals surface area (Å²) in [6.07, 6.45) is 5.27. The number of rotatable bonds is 6. The van der Waals surface area contributed by atoms with E-state index in [0.717, 1.165) is 28.1 Å². The first-order valence-electron chi connectivity index (χ1n) is 8.01. The lowest BCUT2D eigenvalue weighted by molar-refractivity contribution is -0.121. The van der Waals surface area contributed by atoms with E-state index < -0.39 is 6.10 Å². The smallest absolute Gasteiger partial charge is 0.220 e. The number of fused-ring (bicyclic) bond motifs is 1. The van der Waals surface area contributed by atoms with Crippen molar-refractivity contribution in [2.24, 2.45) is 5.92 Å². The molecule has 1 fully saturated rings. The van der Waals surface area contributed by atoms with Crippen LogP contribution in [0.25, 0.3) is 10.2 Å². The first-order valence-corrected chi connectivity index (χ1v) is 8.83. The Labute approximate surface area is 134 Å². The number of benzene rings is 1. The number of nitrogens with one attached hydrogen (secondary N) is 1. The highest BCUT2D eigenvalue weighted by atomic mass is 32.1. The molecule has 1 heterocycles. The van der Waals surface area contributed by atoms with Crippen LogP contribution >= 0.6 is 11.3 Å². The first-order chi connectivity index (χ1) is 10.7. The molecule has 22 heavy (non-hydrogen) atoms. The molecule has 4 nitrogen and oxygen atoms in total. The second kappa shape index (κ2) is 7.20. The Balaban J connectivity index is 1.43. The van der Waals surface area contributed by atoms with Gasteiger partial charge in [0.2, 0.25) is 5.91 Å². The van der Waals surface area contributed by atoms with E-state index in [1.807, 2.05) is 18.2 Å². The van der Waals surface area contributed by atoms with Gasteiger partial charge < -0.3 is 10.4 Å². The minimum atomic E-state index is -0.395. The van der Waals surface area contributed by atoms with Crippen LogP contribution in [0.15, 0.2) is 24.3 Å². The van der Waals surface area contributed by atoms with E-state index >= 15 is 0 Å². The number of hydrogen-bond acceptors (Lipinski definition) is 4. The SMILES string of the molecule is O=C(CCc1nc2ccccc2s1)NCC(O)C1CCCC1. The van der Waals surface area contributed by atoms with Crippen LogP contribution in [0.5, 0.6) is 0 Å². The van der Waals surface area contributed by atoms with Crippen molar-refractivity contribution in [1.29, 1.82) is 0 Å². The lowest BCUT2D eigenvalue weighted by Crippen LogP contribution is -2.35. The van der Waals surface area contributed by atoms with Crippen molar-refractivity contribution in [3.8, 4) is 0 Å². The Morgan fingerprint density at radius 1 is 1.36 bits per heavy atom. The third kappa shape index (κ3) is 3.84. The Kier molecular flexibility index (Phi) is 5.05. The molecule has 0 aliphatic heterocycles. The fourth-order valence-electron chi connectivity index (χ4n) is 3.06. The standard InChI is InChI=1S/C17H22N2O2S/c20-14(12-5-1-2-6-12)11-18-16(21)9-10-17-19-13-7-3-4-8-15(13)22-17/h3-4,7-8,12,14,20H,1-2,5-6,9-11H2,(H,18,21). The van der Waals surface area contributed by atoms with Gasteiger partial charge >= 0.3 is 0 Å². The van der Waals surface area contributed by atoms with Gasteiger partial charge in [-0.3, -0.25) is 4.79 Å². The minimum Gasteiger partial charge on any atom is -0.391 e. The molecule has 2 N–H and O–H groups in total. The zero-order chi connectivity index (χ0) is 15.4. The monoisotopic (exact) mass is 318 g/mol. The normalized spacial score (nSPS) is 17.0. The lowest BCUT2D eigenvalue weighted by Gasteiger charge is -2.17. The maximum atomic E-state index is 11.9. The van der Waals surface area contributed by atoms with Gasteiger partial charge in [0.25, 0.3) is 0 Å². The largest absolute Gasteiger partial charge is 0.391 e. The van der Waals surface area contributed by atoms with E-state index in [1.165, 1.54) is 12.8 Å². The highest BCUT2D eigenvalue weighted by Crippen LogP contribution is 2.27. The van der Waals surface area contributed by atoms with Crippen molar-refractivity contribution in [1.82, 2.24) is 10.3 Å². The molecular weight excluding hydrogens is 296 g/mol. The number of aliphatic hydroxyl groups is 1. The third-order valence-corrected chi connectivity index (χ3v) is 5.45. The van der Waals surface area contributed by atoms with Crippen LogP contribution in [0, 0.1) is 5.92 Å². The Hall–Kier alpha value is -1.46. The zero-order valence-corrected chi connectivity index (χ0v) is 13.4. The van der Waals surface area contributed by atoms with E-state index in [4.69, 9.17) is 0 Å². The Morgan fingerprint density at radius 2 is 2.14 bits per heavy atom. The molecule has 1 aliphatic rings. The molecule has 1 saturated carbocycles. The predicted molar refractivity (Wildman–Crippen MR) is 88.9 cm³/mol. The zero-order valence-electron chi connectivity index (χ0n) is 12.6. The summed E-state index contributed by atoms with van der Waals surface area (Å²) < 4.78 is 1.16. The summed E-state index contributed by atoms with van der Waals surface area (Å²) >= 11 is 1.64. The number of carbonyl (C=O) groups is 1. The molecule has 0 radical (unpaired) electrons. The van der Waals surface area contributed by atoms with E-state index in [9.17, 15) is 9.90 Å². The molecule has 5 heteroatoms. The summed E-state index contributed by atoms with van der Waals surface area (Å²) in [6, 6.07) is 8.02. The van der Waals surface area contributed by atoms with Gasteiger partial charge in [0.15, 0.2) is 0 Å². The topological polar surface area (TPSA) is 62.2 Å². The van der Waals surface area contributed by atoms with Gasteiger partial charge in [0.1, 0.15) is 0 Å². The quantitative estimate of drug-likeness (QED) is 0.861. The molecule has 1 aromatic carbocycles. The minimum absolute atomic E-state index is 0.00342. The number of para-hydroxylation sites is 1. The van der Waals surface area contributed by atoms with Crippen molar-refractivity contribution in [3.63, 3.8) is 0 Å². The third-order valence-electron chi connectivity index (χ3n) is 4.36. The van der Waals surface area contributed by atoms with Crippen LogP contribution in [-0.4, -0.2) is 28.6 Å². The van der Waals surface area contributed by atoms with Gasteiger partial charge in [-0.05, 0) is 30.9 Å². The number of amides is 1. The maximum Gasteiger partial charge on any atom is 0.220 e. The van der Waals surface area contributed by atoms with E-state index in [0.29, 0.717) is 25.3 Å². The van der Waals surface area contributed by atoms with Gasteiger partial charge in [-0.25, -0.2) is 4.98 Å². The number of hydrogen-bond donors (Lipinski definition) is 2. The van der Waals surface area contributed by atoms with Crippen molar-refractivity contribution < 1.29 is 9.90 Å². The molecule has 1 atom stereocenters. The Morgan fingerprint density at radius 3 is 2.91 bits per heavy atom.